The molecule has 3 heteroatoms. The molecular weight excluding hydrogens is 253 g/mol. The van der Waals surface area contributed by atoms with Crippen molar-refractivity contribution in [3.63, 3.8) is 0 Å². The number of rotatable bonds is 2. The van der Waals surface area contributed by atoms with Gasteiger partial charge >= 0.3 is 0 Å². The lowest BCUT2D eigenvalue weighted by molar-refractivity contribution is 0.463. The lowest BCUT2D eigenvalue weighted by Gasteiger charge is -2.27. The Balaban J connectivity index is 1.91. The van der Waals surface area contributed by atoms with Crippen molar-refractivity contribution in [2.75, 3.05) is 6.54 Å². The van der Waals surface area contributed by atoms with Crippen LogP contribution in [0, 0.1) is 12.7 Å². The minimum atomic E-state index is -0.194. The standard InChI is InChI=1S/C17H18FNO/c1-11-8-14(18)4-2-13(11)9-17-16-10-15(20)5-3-12(16)6-7-19-17/h2-5,8,10,17,19-20H,6-7,9H2,1H3. The lowest BCUT2D eigenvalue weighted by atomic mass is 9.89. The van der Waals surface area contributed by atoms with Gasteiger partial charge in [0, 0.05) is 6.04 Å². The molecule has 2 aromatic carbocycles. The fourth-order valence-corrected chi connectivity index (χ4v) is 2.92. The predicted octanol–water partition coefficient (Wildman–Crippen LogP) is 3.27. The Morgan fingerprint density at radius 2 is 2.10 bits per heavy atom. The number of halogens is 1. The van der Waals surface area contributed by atoms with E-state index in [4.69, 9.17) is 0 Å². The minimum absolute atomic E-state index is 0.176. The maximum absolute atomic E-state index is 13.2. The Labute approximate surface area is 118 Å². The van der Waals surface area contributed by atoms with Crippen molar-refractivity contribution >= 4 is 0 Å². The Morgan fingerprint density at radius 1 is 1.25 bits per heavy atom. The molecule has 104 valence electrons. The summed E-state index contributed by atoms with van der Waals surface area (Å²) in [6.45, 7) is 2.87. The monoisotopic (exact) mass is 271 g/mol. The molecule has 1 unspecified atom stereocenters. The second-order valence-electron chi connectivity index (χ2n) is 5.41. The van der Waals surface area contributed by atoms with Crippen LogP contribution in [0.4, 0.5) is 4.39 Å². The number of phenols is 1. The summed E-state index contributed by atoms with van der Waals surface area (Å²) < 4.78 is 13.2. The summed E-state index contributed by atoms with van der Waals surface area (Å²) in [6, 6.07) is 10.7. The largest absolute Gasteiger partial charge is 0.508 e. The summed E-state index contributed by atoms with van der Waals surface area (Å²) in [5.74, 6) is 0.106. The highest BCUT2D eigenvalue weighted by molar-refractivity contribution is 5.40. The first-order chi connectivity index (χ1) is 9.63. The van der Waals surface area contributed by atoms with Gasteiger partial charge in [-0.2, -0.15) is 0 Å². The smallest absolute Gasteiger partial charge is 0.123 e. The number of fused-ring (bicyclic) bond motifs is 1. The van der Waals surface area contributed by atoms with Crippen LogP contribution in [0.25, 0.3) is 0 Å². The molecule has 0 spiro atoms. The topological polar surface area (TPSA) is 32.3 Å². The Kier molecular flexibility index (Phi) is 3.45. The van der Waals surface area contributed by atoms with E-state index in [1.54, 1.807) is 12.1 Å². The average Bonchev–Trinajstić information content (AvgIpc) is 2.42. The van der Waals surface area contributed by atoms with Gasteiger partial charge in [-0.1, -0.05) is 12.1 Å². The van der Waals surface area contributed by atoms with Gasteiger partial charge < -0.3 is 10.4 Å². The number of hydrogen-bond donors (Lipinski definition) is 2. The molecule has 2 nitrogen and oxygen atoms in total. The third kappa shape index (κ3) is 2.54. The quantitative estimate of drug-likeness (QED) is 0.878. The molecule has 3 rings (SSSR count). The zero-order valence-corrected chi connectivity index (χ0v) is 11.5. The van der Waals surface area contributed by atoms with Crippen LogP contribution in [-0.4, -0.2) is 11.7 Å². The molecule has 0 amide bonds. The molecule has 0 aliphatic carbocycles. The summed E-state index contributed by atoms with van der Waals surface area (Å²) in [5.41, 5.74) is 4.55. The lowest BCUT2D eigenvalue weighted by Crippen LogP contribution is -2.31. The first-order valence-electron chi connectivity index (χ1n) is 6.93. The van der Waals surface area contributed by atoms with E-state index in [2.05, 4.69) is 5.32 Å². The van der Waals surface area contributed by atoms with Gasteiger partial charge in [-0.25, -0.2) is 4.39 Å². The van der Waals surface area contributed by atoms with Crippen molar-refractivity contribution in [1.29, 1.82) is 0 Å². The summed E-state index contributed by atoms with van der Waals surface area (Å²) in [6.07, 6.45) is 1.79. The second-order valence-corrected chi connectivity index (χ2v) is 5.41. The SMILES string of the molecule is Cc1cc(F)ccc1CC1NCCc2ccc(O)cc21. The van der Waals surface area contributed by atoms with Gasteiger partial charge in [-0.05, 0) is 72.8 Å². The molecule has 0 fully saturated rings. The summed E-state index contributed by atoms with van der Waals surface area (Å²) >= 11 is 0. The highest BCUT2D eigenvalue weighted by atomic mass is 19.1. The van der Waals surface area contributed by atoms with Crippen molar-refractivity contribution in [2.45, 2.75) is 25.8 Å². The number of benzene rings is 2. The van der Waals surface area contributed by atoms with E-state index in [1.807, 2.05) is 25.1 Å². The van der Waals surface area contributed by atoms with Crippen molar-refractivity contribution < 1.29 is 9.50 Å². The van der Waals surface area contributed by atoms with Crippen LogP contribution in [0.3, 0.4) is 0 Å². The fraction of sp³-hybridized carbons (Fsp3) is 0.294. The van der Waals surface area contributed by atoms with Gasteiger partial charge in [-0.3, -0.25) is 0 Å². The van der Waals surface area contributed by atoms with Crippen LogP contribution in [-0.2, 0) is 12.8 Å². The summed E-state index contributed by atoms with van der Waals surface area (Å²) in [4.78, 5) is 0. The maximum Gasteiger partial charge on any atom is 0.123 e. The number of nitrogens with one attached hydrogen (secondary N) is 1. The minimum Gasteiger partial charge on any atom is -0.508 e. The number of aryl methyl sites for hydroxylation is 1. The molecule has 2 aromatic rings. The summed E-state index contributed by atoms with van der Waals surface area (Å²) in [7, 11) is 0. The van der Waals surface area contributed by atoms with Crippen LogP contribution in [0.2, 0.25) is 0 Å². The van der Waals surface area contributed by atoms with Crippen LogP contribution in [0.1, 0.15) is 28.3 Å². The van der Waals surface area contributed by atoms with Crippen LogP contribution >= 0.6 is 0 Å². The van der Waals surface area contributed by atoms with Gasteiger partial charge in [0.1, 0.15) is 11.6 Å². The Morgan fingerprint density at radius 3 is 2.90 bits per heavy atom. The van der Waals surface area contributed by atoms with E-state index in [1.165, 1.54) is 11.6 Å². The molecule has 0 radical (unpaired) electrons. The Hall–Kier alpha value is -1.87. The average molecular weight is 271 g/mol. The molecule has 2 N–H and O–H groups in total. The summed E-state index contributed by atoms with van der Waals surface area (Å²) in [5, 5.41) is 13.2. The van der Waals surface area contributed by atoms with Gasteiger partial charge in [0.2, 0.25) is 0 Å². The molecule has 0 aromatic heterocycles. The van der Waals surface area contributed by atoms with Crippen molar-refractivity contribution in [2.24, 2.45) is 0 Å². The van der Waals surface area contributed by atoms with Crippen LogP contribution in [0.15, 0.2) is 36.4 Å². The van der Waals surface area contributed by atoms with Gasteiger partial charge in [-0.15, -0.1) is 0 Å². The van der Waals surface area contributed by atoms with E-state index in [-0.39, 0.29) is 11.9 Å². The molecule has 1 heterocycles. The van der Waals surface area contributed by atoms with Gasteiger partial charge in [0.05, 0.1) is 0 Å². The fourth-order valence-electron chi connectivity index (χ4n) is 2.92. The van der Waals surface area contributed by atoms with E-state index in [9.17, 15) is 9.50 Å². The van der Waals surface area contributed by atoms with E-state index in [0.29, 0.717) is 5.75 Å². The molecule has 1 aliphatic heterocycles. The molecule has 1 atom stereocenters. The number of aromatic hydroxyl groups is 1. The number of hydrogen-bond acceptors (Lipinski definition) is 2. The Bertz CT molecular complexity index is 639. The van der Waals surface area contributed by atoms with Gasteiger partial charge in [0.15, 0.2) is 0 Å². The molecule has 0 saturated carbocycles. The molecule has 20 heavy (non-hydrogen) atoms. The molecule has 1 aliphatic rings. The normalized spacial score (nSPS) is 17.8. The predicted molar refractivity (Wildman–Crippen MR) is 77.4 cm³/mol. The zero-order valence-electron chi connectivity index (χ0n) is 11.5. The number of phenolic OH excluding ortho intramolecular Hbond substituents is 1. The molecule has 0 saturated heterocycles. The second kappa shape index (κ2) is 5.25. The third-order valence-corrected chi connectivity index (χ3v) is 4.02. The van der Waals surface area contributed by atoms with E-state index >= 15 is 0 Å². The van der Waals surface area contributed by atoms with Crippen molar-refractivity contribution in [3.8, 4) is 5.75 Å². The van der Waals surface area contributed by atoms with Crippen LogP contribution in [0.5, 0.6) is 5.75 Å². The highest BCUT2D eigenvalue weighted by Crippen LogP contribution is 2.29. The molecular formula is C17H18FNO. The molecule has 0 bridgehead atoms. The van der Waals surface area contributed by atoms with Crippen LogP contribution < -0.4 is 5.32 Å². The first kappa shape index (κ1) is 13.1. The van der Waals surface area contributed by atoms with Crippen molar-refractivity contribution in [1.82, 2.24) is 5.32 Å². The van der Waals surface area contributed by atoms with Gasteiger partial charge in [0.25, 0.3) is 0 Å². The third-order valence-electron chi connectivity index (χ3n) is 4.02. The van der Waals surface area contributed by atoms with E-state index < -0.39 is 0 Å². The van der Waals surface area contributed by atoms with Crippen molar-refractivity contribution in [3.05, 3.63) is 64.5 Å². The van der Waals surface area contributed by atoms with E-state index in [0.717, 1.165) is 36.1 Å². The first-order valence-corrected chi connectivity index (χ1v) is 6.93. The maximum atomic E-state index is 13.2. The highest BCUT2D eigenvalue weighted by Gasteiger charge is 2.21. The zero-order chi connectivity index (χ0) is 14.1.